The van der Waals surface area contributed by atoms with Crippen LogP contribution in [-0.4, -0.2) is 59.8 Å². The van der Waals surface area contributed by atoms with Gasteiger partial charge in [0.25, 0.3) is 0 Å². The summed E-state index contributed by atoms with van der Waals surface area (Å²) in [4.78, 5) is 23.9. The molecule has 1 fully saturated rings. The van der Waals surface area contributed by atoms with Crippen molar-refractivity contribution in [3.8, 4) is 6.07 Å². The molecule has 1 heterocycles. The van der Waals surface area contributed by atoms with Crippen LogP contribution in [0.4, 0.5) is 5.69 Å². The minimum absolute atomic E-state index is 0.558. The number of carboxylic acids is 2. The lowest BCUT2D eigenvalue weighted by Crippen LogP contribution is -2.46. The van der Waals surface area contributed by atoms with E-state index in [0.717, 1.165) is 32.7 Å². The minimum atomic E-state index is -1.26. The number of carbonyl (C=O) groups is 2. The fraction of sp³-hybridized carbons (Fsp3) is 0.286. The van der Waals surface area contributed by atoms with Gasteiger partial charge in [-0.15, -0.1) is 0 Å². The van der Waals surface area contributed by atoms with Gasteiger partial charge >= 0.3 is 11.9 Å². The Hall–Kier alpha value is -3.37. The first-order valence-corrected chi connectivity index (χ1v) is 8.96. The number of aliphatic carboxylic acids is 2. The van der Waals surface area contributed by atoms with Crippen LogP contribution in [0.1, 0.15) is 6.42 Å². The molecule has 0 atom stereocenters. The van der Waals surface area contributed by atoms with Crippen LogP contribution in [0.5, 0.6) is 0 Å². The van der Waals surface area contributed by atoms with E-state index in [4.69, 9.17) is 15.5 Å². The van der Waals surface area contributed by atoms with Gasteiger partial charge in [-0.25, -0.2) is 9.59 Å². The van der Waals surface area contributed by atoms with E-state index in [2.05, 4.69) is 58.3 Å². The van der Waals surface area contributed by atoms with Crippen molar-refractivity contribution in [1.82, 2.24) is 4.90 Å². The van der Waals surface area contributed by atoms with Gasteiger partial charge in [-0.2, -0.15) is 5.26 Å². The monoisotopic (exact) mass is 381 g/mol. The number of fused-ring (bicyclic) bond motifs is 1. The van der Waals surface area contributed by atoms with Gasteiger partial charge in [0.2, 0.25) is 0 Å². The van der Waals surface area contributed by atoms with Gasteiger partial charge < -0.3 is 15.1 Å². The van der Waals surface area contributed by atoms with E-state index in [9.17, 15) is 9.59 Å². The van der Waals surface area contributed by atoms with Crippen LogP contribution in [0.2, 0.25) is 0 Å². The smallest absolute Gasteiger partial charge is 0.328 e. The van der Waals surface area contributed by atoms with E-state index in [-0.39, 0.29) is 0 Å². The van der Waals surface area contributed by atoms with Crippen LogP contribution in [-0.2, 0) is 9.59 Å². The zero-order valence-corrected chi connectivity index (χ0v) is 15.5. The van der Waals surface area contributed by atoms with Crippen LogP contribution in [0.3, 0.4) is 0 Å². The van der Waals surface area contributed by atoms with Crippen LogP contribution < -0.4 is 4.90 Å². The number of benzene rings is 2. The zero-order chi connectivity index (χ0) is 20.4. The lowest BCUT2D eigenvalue weighted by atomic mass is 10.1. The molecule has 7 heteroatoms. The second-order valence-corrected chi connectivity index (χ2v) is 6.28. The Morgan fingerprint density at radius 3 is 2.14 bits per heavy atom. The minimum Gasteiger partial charge on any atom is -0.478 e. The Morgan fingerprint density at radius 2 is 1.57 bits per heavy atom. The van der Waals surface area contributed by atoms with Crippen molar-refractivity contribution >= 4 is 28.4 Å². The number of rotatable bonds is 5. The van der Waals surface area contributed by atoms with Gasteiger partial charge in [0.1, 0.15) is 0 Å². The first-order chi connectivity index (χ1) is 13.5. The van der Waals surface area contributed by atoms with Crippen LogP contribution in [0.25, 0.3) is 10.8 Å². The van der Waals surface area contributed by atoms with Gasteiger partial charge in [-0.1, -0.05) is 30.3 Å². The maximum absolute atomic E-state index is 9.55. The Labute approximate surface area is 163 Å². The molecule has 3 rings (SSSR count). The lowest BCUT2D eigenvalue weighted by molar-refractivity contribution is -0.134. The molecule has 28 heavy (non-hydrogen) atoms. The number of hydrogen-bond acceptors (Lipinski definition) is 5. The largest absolute Gasteiger partial charge is 0.478 e. The van der Waals surface area contributed by atoms with Gasteiger partial charge in [0.05, 0.1) is 6.07 Å². The summed E-state index contributed by atoms with van der Waals surface area (Å²) >= 11 is 0. The van der Waals surface area contributed by atoms with Crippen LogP contribution in [0, 0.1) is 11.3 Å². The number of carboxylic acid groups (broad SMARTS) is 2. The van der Waals surface area contributed by atoms with E-state index in [0.29, 0.717) is 18.6 Å². The average molecular weight is 381 g/mol. The summed E-state index contributed by atoms with van der Waals surface area (Å²) in [6, 6.07) is 17.4. The maximum Gasteiger partial charge on any atom is 0.328 e. The highest BCUT2D eigenvalue weighted by molar-refractivity contribution is 5.89. The third-order valence-corrected chi connectivity index (χ3v) is 4.38. The molecular weight excluding hydrogens is 358 g/mol. The van der Waals surface area contributed by atoms with Gasteiger partial charge in [0, 0.05) is 57.0 Å². The molecule has 7 nitrogen and oxygen atoms in total. The first kappa shape index (κ1) is 20.9. The third kappa shape index (κ3) is 6.74. The van der Waals surface area contributed by atoms with Crippen molar-refractivity contribution in [2.24, 2.45) is 0 Å². The van der Waals surface area contributed by atoms with Gasteiger partial charge in [0.15, 0.2) is 0 Å². The molecule has 0 amide bonds. The van der Waals surface area contributed by atoms with Crippen molar-refractivity contribution in [3.63, 3.8) is 0 Å². The summed E-state index contributed by atoms with van der Waals surface area (Å²) < 4.78 is 0. The number of hydrogen-bond donors (Lipinski definition) is 2. The van der Waals surface area contributed by atoms with Crippen molar-refractivity contribution in [2.45, 2.75) is 6.42 Å². The molecule has 2 aromatic carbocycles. The second-order valence-electron chi connectivity index (χ2n) is 6.28. The topological polar surface area (TPSA) is 105 Å². The molecule has 1 saturated heterocycles. The van der Waals surface area contributed by atoms with Crippen molar-refractivity contribution in [1.29, 1.82) is 5.26 Å². The fourth-order valence-corrected chi connectivity index (χ4v) is 2.95. The van der Waals surface area contributed by atoms with E-state index < -0.39 is 11.9 Å². The van der Waals surface area contributed by atoms with Gasteiger partial charge in [-0.3, -0.25) is 4.90 Å². The lowest BCUT2D eigenvalue weighted by Gasteiger charge is -2.35. The van der Waals surface area contributed by atoms with Crippen LogP contribution >= 0.6 is 0 Å². The number of nitrogens with zero attached hydrogens (tertiary/aromatic N) is 3. The molecule has 0 unspecified atom stereocenters. The summed E-state index contributed by atoms with van der Waals surface area (Å²) in [5.74, 6) is -2.51. The Balaban J connectivity index is 0.000000300. The van der Waals surface area contributed by atoms with Crippen molar-refractivity contribution in [3.05, 3.63) is 54.6 Å². The standard InChI is InChI=1S/C17H19N3.C4H4O4/c18-8-3-9-19-10-12-20(13-11-19)17-7-6-15-4-1-2-5-16(15)14-17;5-3(6)1-2-4(7)8/h1-2,4-7,14H,3,9-13H2;1-2H,(H,5,6)(H,7,8). The molecule has 2 N–H and O–H groups in total. The molecule has 2 aromatic rings. The average Bonchev–Trinajstić information content (AvgIpc) is 2.71. The molecule has 0 bridgehead atoms. The highest BCUT2D eigenvalue weighted by atomic mass is 16.4. The molecule has 0 spiro atoms. The SMILES string of the molecule is N#CCCN1CCN(c2ccc3ccccc3c2)CC1.O=C(O)C=CC(=O)O. The van der Waals surface area contributed by atoms with E-state index in [1.54, 1.807) is 0 Å². The zero-order valence-electron chi connectivity index (χ0n) is 15.5. The number of nitriles is 1. The molecule has 0 radical (unpaired) electrons. The highest BCUT2D eigenvalue weighted by Gasteiger charge is 2.16. The van der Waals surface area contributed by atoms with Gasteiger partial charge in [-0.05, 0) is 22.9 Å². The molecule has 0 aliphatic carbocycles. The van der Waals surface area contributed by atoms with Crippen molar-refractivity contribution < 1.29 is 19.8 Å². The Morgan fingerprint density at radius 1 is 0.964 bits per heavy atom. The Kier molecular flexibility index (Phi) is 8.00. The highest BCUT2D eigenvalue weighted by Crippen LogP contribution is 2.23. The van der Waals surface area contributed by atoms with E-state index >= 15 is 0 Å². The fourth-order valence-electron chi connectivity index (χ4n) is 2.95. The Bertz CT molecular complexity index is 865. The number of piperazine rings is 1. The summed E-state index contributed by atoms with van der Waals surface area (Å²) in [5.41, 5.74) is 1.31. The number of anilines is 1. The first-order valence-electron chi connectivity index (χ1n) is 8.96. The van der Waals surface area contributed by atoms with Crippen molar-refractivity contribution in [2.75, 3.05) is 37.6 Å². The van der Waals surface area contributed by atoms with E-state index in [1.165, 1.54) is 16.5 Å². The summed E-state index contributed by atoms with van der Waals surface area (Å²) in [6.45, 7) is 5.10. The maximum atomic E-state index is 9.55. The molecular formula is C21H23N3O4. The quantitative estimate of drug-likeness (QED) is 0.767. The predicted octanol–water partition coefficient (Wildman–Crippen LogP) is 2.59. The normalized spacial score (nSPS) is 14.3. The second kappa shape index (κ2) is 10.7. The summed E-state index contributed by atoms with van der Waals surface area (Å²) in [6.07, 6.45) is 1.75. The summed E-state index contributed by atoms with van der Waals surface area (Å²) in [5, 5.41) is 26.9. The molecule has 0 saturated carbocycles. The molecule has 0 aromatic heterocycles. The molecule has 1 aliphatic heterocycles. The molecule has 1 aliphatic rings. The third-order valence-electron chi connectivity index (χ3n) is 4.38. The summed E-state index contributed by atoms with van der Waals surface area (Å²) in [7, 11) is 0. The molecule has 146 valence electrons. The predicted molar refractivity (Wildman–Crippen MR) is 107 cm³/mol. The van der Waals surface area contributed by atoms with Crippen LogP contribution in [0.15, 0.2) is 54.6 Å². The van der Waals surface area contributed by atoms with E-state index in [1.807, 2.05) is 0 Å².